The average molecular weight is 256 g/mol. The molecule has 18 heavy (non-hydrogen) atoms. The predicted molar refractivity (Wildman–Crippen MR) is 65.2 cm³/mol. The summed E-state index contributed by atoms with van der Waals surface area (Å²) in [6.45, 7) is 6.14. The lowest BCUT2D eigenvalue weighted by molar-refractivity contribution is -0.165. The van der Waals surface area contributed by atoms with Gasteiger partial charge in [-0.1, -0.05) is 51.1 Å². The van der Waals surface area contributed by atoms with Gasteiger partial charge in [-0.2, -0.15) is 13.2 Å². The van der Waals surface area contributed by atoms with E-state index in [1.54, 1.807) is 12.1 Å². The zero-order valence-electron chi connectivity index (χ0n) is 10.5. The van der Waals surface area contributed by atoms with Gasteiger partial charge >= 0.3 is 6.18 Å². The van der Waals surface area contributed by atoms with Crippen molar-refractivity contribution in [3.8, 4) is 0 Å². The SMILES string of the molecule is CC(C)(C)c1ccc(C=CC(=O)C(F)(F)F)cc1. The second kappa shape index (κ2) is 4.96. The Kier molecular flexibility index (Phi) is 3.99. The standard InChI is InChI=1S/C14H15F3O/c1-13(2,3)11-7-4-10(5-8-11)6-9-12(18)14(15,16)17/h4-9H,1-3H3. The summed E-state index contributed by atoms with van der Waals surface area (Å²) in [5.74, 6) is -1.85. The molecule has 0 saturated heterocycles. The maximum absolute atomic E-state index is 12.0. The number of alkyl halides is 3. The fourth-order valence-electron chi connectivity index (χ4n) is 1.36. The summed E-state index contributed by atoms with van der Waals surface area (Å²) >= 11 is 0. The number of ketones is 1. The average Bonchev–Trinajstić information content (AvgIpc) is 2.24. The van der Waals surface area contributed by atoms with Gasteiger partial charge in [0.1, 0.15) is 0 Å². The number of hydrogen-bond acceptors (Lipinski definition) is 1. The van der Waals surface area contributed by atoms with Gasteiger partial charge in [-0.05, 0) is 22.6 Å². The van der Waals surface area contributed by atoms with E-state index in [0.29, 0.717) is 11.6 Å². The van der Waals surface area contributed by atoms with Gasteiger partial charge in [0.05, 0.1) is 0 Å². The summed E-state index contributed by atoms with van der Waals surface area (Å²) < 4.78 is 35.9. The van der Waals surface area contributed by atoms with Crippen molar-refractivity contribution in [1.29, 1.82) is 0 Å². The van der Waals surface area contributed by atoms with Gasteiger partial charge in [0.15, 0.2) is 0 Å². The molecule has 1 nitrogen and oxygen atoms in total. The van der Waals surface area contributed by atoms with E-state index in [9.17, 15) is 18.0 Å². The van der Waals surface area contributed by atoms with Crippen LogP contribution in [0.5, 0.6) is 0 Å². The third-order valence-corrected chi connectivity index (χ3v) is 2.48. The van der Waals surface area contributed by atoms with Crippen LogP contribution in [0.15, 0.2) is 30.3 Å². The highest BCUT2D eigenvalue weighted by molar-refractivity contribution is 5.97. The largest absolute Gasteiger partial charge is 0.454 e. The van der Waals surface area contributed by atoms with Gasteiger partial charge < -0.3 is 0 Å². The Hall–Kier alpha value is -1.58. The molecule has 0 aromatic heterocycles. The molecule has 0 spiro atoms. The van der Waals surface area contributed by atoms with Crippen molar-refractivity contribution in [3.63, 3.8) is 0 Å². The Morgan fingerprint density at radius 1 is 1.06 bits per heavy atom. The summed E-state index contributed by atoms with van der Waals surface area (Å²) in [5, 5.41) is 0. The Labute approximate surface area is 104 Å². The molecule has 0 unspecified atom stereocenters. The maximum Gasteiger partial charge on any atom is 0.454 e. The van der Waals surface area contributed by atoms with Crippen molar-refractivity contribution in [1.82, 2.24) is 0 Å². The van der Waals surface area contributed by atoms with Crippen LogP contribution in [0.2, 0.25) is 0 Å². The highest BCUT2D eigenvalue weighted by Crippen LogP contribution is 2.23. The van der Waals surface area contributed by atoms with E-state index >= 15 is 0 Å². The zero-order valence-corrected chi connectivity index (χ0v) is 10.5. The lowest BCUT2D eigenvalue weighted by Crippen LogP contribution is -2.19. The van der Waals surface area contributed by atoms with Gasteiger partial charge in [0, 0.05) is 0 Å². The molecular formula is C14H15F3O. The van der Waals surface area contributed by atoms with Crippen molar-refractivity contribution < 1.29 is 18.0 Å². The van der Waals surface area contributed by atoms with Crippen LogP contribution in [-0.4, -0.2) is 12.0 Å². The molecule has 0 bridgehead atoms. The molecule has 1 rings (SSSR count). The van der Waals surface area contributed by atoms with E-state index in [4.69, 9.17) is 0 Å². The molecule has 1 aromatic carbocycles. The maximum atomic E-state index is 12.0. The third kappa shape index (κ3) is 4.02. The topological polar surface area (TPSA) is 17.1 Å². The molecule has 0 aliphatic heterocycles. The van der Waals surface area contributed by atoms with Crippen LogP contribution in [0.3, 0.4) is 0 Å². The summed E-state index contributed by atoms with van der Waals surface area (Å²) in [7, 11) is 0. The first-order valence-corrected chi connectivity index (χ1v) is 5.50. The van der Waals surface area contributed by atoms with Crippen LogP contribution in [0.1, 0.15) is 31.9 Å². The highest BCUT2D eigenvalue weighted by Gasteiger charge is 2.35. The van der Waals surface area contributed by atoms with Crippen molar-refractivity contribution in [3.05, 3.63) is 41.5 Å². The van der Waals surface area contributed by atoms with E-state index < -0.39 is 12.0 Å². The Balaban J connectivity index is 2.82. The van der Waals surface area contributed by atoms with Gasteiger partial charge in [-0.3, -0.25) is 4.79 Å². The third-order valence-electron chi connectivity index (χ3n) is 2.48. The van der Waals surface area contributed by atoms with E-state index in [-0.39, 0.29) is 5.41 Å². The van der Waals surface area contributed by atoms with Crippen LogP contribution >= 0.6 is 0 Å². The molecule has 0 fully saturated rings. The first kappa shape index (κ1) is 14.5. The van der Waals surface area contributed by atoms with Crippen molar-refractivity contribution in [2.45, 2.75) is 32.4 Å². The minimum Gasteiger partial charge on any atom is -0.285 e. The lowest BCUT2D eigenvalue weighted by Gasteiger charge is -2.18. The van der Waals surface area contributed by atoms with E-state index in [2.05, 4.69) is 0 Å². The molecular weight excluding hydrogens is 241 g/mol. The molecule has 0 N–H and O–H groups in total. The summed E-state index contributed by atoms with van der Waals surface area (Å²) in [6, 6.07) is 7.08. The van der Waals surface area contributed by atoms with E-state index in [1.165, 1.54) is 6.08 Å². The van der Waals surface area contributed by atoms with E-state index in [1.807, 2.05) is 32.9 Å². The van der Waals surface area contributed by atoms with Gasteiger partial charge in [-0.25, -0.2) is 0 Å². The number of allylic oxidation sites excluding steroid dienone is 1. The number of carbonyl (C=O) groups is 1. The Bertz CT molecular complexity index is 447. The number of benzene rings is 1. The summed E-state index contributed by atoms with van der Waals surface area (Å²) in [5.41, 5.74) is 1.65. The van der Waals surface area contributed by atoms with Gasteiger partial charge in [0.2, 0.25) is 0 Å². The lowest BCUT2D eigenvalue weighted by atomic mass is 9.87. The molecule has 4 heteroatoms. The summed E-state index contributed by atoms with van der Waals surface area (Å²) in [4.78, 5) is 10.7. The van der Waals surface area contributed by atoms with E-state index in [0.717, 1.165) is 5.56 Å². The smallest absolute Gasteiger partial charge is 0.285 e. The normalized spacial score (nSPS) is 13.0. The van der Waals surface area contributed by atoms with Crippen LogP contribution in [-0.2, 0) is 10.2 Å². The molecule has 0 heterocycles. The highest BCUT2D eigenvalue weighted by atomic mass is 19.4. The predicted octanol–water partition coefficient (Wildman–Crippen LogP) is 4.13. The van der Waals surface area contributed by atoms with Crippen molar-refractivity contribution in [2.24, 2.45) is 0 Å². The van der Waals surface area contributed by atoms with Crippen LogP contribution in [0, 0.1) is 0 Å². The first-order chi connectivity index (χ1) is 8.10. The minimum absolute atomic E-state index is 0.00989. The van der Waals surface area contributed by atoms with Crippen LogP contribution in [0.25, 0.3) is 6.08 Å². The van der Waals surface area contributed by atoms with Crippen molar-refractivity contribution in [2.75, 3.05) is 0 Å². The molecule has 0 saturated carbocycles. The molecule has 0 aliphatic rings. The first-order valence-electron chi connectivity index (χ1n) is 5.50. The number of rotatable bonds is 2. The van der Waals surface area contributed by atoms with Gasteiger partial charge in [0.25, 0.3) is 5.78 Å². The Morgan fingerprint density at radius 3 is 1.94 bits per heavy atom. The van der Waals surface area contributed by atoms with Crippen molar-refractivity contribution >= 4 is 11.9 Å². The van der Waals surface area contributed by atoms with Crippen LogP contribution in [0.4, 0.5) is 13.2 Å². The number of halogens is 3. The minimum atomic E-state index is -4.80. The fourth-order valence-corrected chi connectivity index (χ4v) is 1.36. The van der Waals surface area contributed by atoms with Crippen LogP contribution < -0.4 is 0 Å². The quantitative estimate of drug-likeness (QED) is 0.727. The molecule has 0 radical (unpaired) electrons. The molecule has 1 aromatic rings. The fraction of sp³-hybridized carbons (Fsp3) is 0.357. The van der Waals surface area contributed by atoms with Gasteiger partial charge in [-0.15, -0.1) is 0 Å². The molecule has 0 amide bonds. The second-order valence-electron chi connectivity index (χ2n) is 5.07. The monoisotopic (exact) mass is 256 g/mol. The molecule has 0 atom stereocenters. The zero-order chi connectivity index (χ0) is 14.0. The summed E-state index contributed by atoms with van der Waals surface area (Å²) in [6.07, 6.45) is -3.09. The number of hydrogen-bond donors (Lipinski definition) is 0. The Morgan fingerprint density at radius 2 is 1.56 bits per heavy atom. The number of carbonyl (C=O) groups excluding carboxylic acids is 1. The molecule has 98 valence electrons. The second-order valence-corrected chi connectivity index (χ2v) is 5.07. The molecule has 0 aliphatic carbocycles.